The van der Waals surface area contributed by atoms with Crippen LogP contribution in [0.4, 0.5) is 5.69 Å². The van der Waals surface area contributed by atoms with Crippen molar-refractivity contribution in [2.45, 2.75) is 52.4 Å². The molecule has 0 spiro atoms. The van der Waals surface area contributed by atoms with Gasteiger partial charge in [-0.15, -0.1) is 22.7 Å². The van der Waals surface area contributed by atoms with Crippen LogP contribution in [-0.2, 0) is 6.42 Å². The zero-order valence-corrected chi connectivity index (χ0v) is 23.9. The summed E-state index contributed by atoms with van der Waals surface area (Å²) in [6.45, 7) is 6.26. The highest BCUT2D eigenvalue weighted by Crippen LogP contribution is 2.43. The van der Waals surface area contributed by atoms with E-state index in [0.717, 1.165) is 59.1 Å². The minimum absolute atomic E-state index is 0.223. The molecule has 1 aliphatic carbocycles. The lowest BCUT2D eigenvalue weighted by atomic mass is 9.75. The van der Waals surface area contributed by atoms with Gasteiger partial charge in [0.25, 0.3) is 5.91 Å². The molecule has 6 nitrogen and oxygen atoms in total. The number of hydrogen-bond acceptors (Lipinski definition) is 6. The number of nitrogens with one attached hydrogen (secondary N) is 1. The number of amides is 1. The maximum atomic E-state index is 12.6. The fourth-order valence-electron chi connectivity index (χ4n) is 5.81. The first-order valence-electron chi connectivity index (χ1n) is 13.4. The van der Waals surface area contributed by atoms with Crippen LogP contribution in [0.25, 0.3) is 16.0 Å². The third kappa shape index (κ3) is 5.63. The molecular formula is C30H35N3O3S2. The molecule has 2 N–H and O–H groups in total. The number of likely N-dealkylation sites (N-methyl/N-ethyl adjacent to an activating group) is 1. The lowest BCUT2D eigenvalue weighted by Gasteiger charge is -2.35. The number of benzene rings is 1. The van der Waals surface area contributed by atoms with Crippen LogP contribution in [0.3, 0.4) is 0 Å². The number of carbonyl (C=O) groups excluding carboxylic acids is 1. The fraction of sp³-hybridized carbons (Fsp3) is 0.433. The summed E-state index contributed by atoms with van der Waals surface area (Å²) >= 11 is 2.75. The maximum absolute atomic E-state index is 12.6. The topological polar surface area (TPSA) is 82.5 Å². The summed E-state index contributed by atoms with van der Waals surface area (Å²) in [5.74, 6) is 0.239. The van der Waals surface area contributed by atoms with E-state index in [1.165, 1.54) is 59.5 Å². The average Bonchev–Trinajstić information content (AvgIpc) is 3.60. The molecule has 0 atom stereocenters. The summed E-state index contributed by atoms with van der Waals surface area (Å²) in [5.41, 5.74) is 8.41. The van der Waals surface area contributed by atoms with Gasteiger partial charge in [0.1, 0.15) is 10.6 Å². The van der Waals surface area contributed by atoms with Gasteiger partial charge in [0.05, 0.1) is 5.51 Å². The number of nitrogens with zero attached hydrogens (tertiary/aromatic N) is 2. The van der Waals surface area contributed by atoms with Crippen LogP contribution in [0.5, 0.6) is 0 Å². The van der Waals surface area contributed by atoms with E-state index in [2.05, 4.69) is 48.2 Å². The first kappa shape index (κ1) is 26.8. The number of thiazole rings is 1. The Hall–Kier alpha value is -2.81. The number of thiophene rings is 1. The monoisotopic (exact) mass is 549 g/mol. The first-order valence-corrected chi connectivity index (χ1v) is 15.2. The molecule has 2 aromatic heterocycles. The van der Waals surface area contributed by atoms with Crippen molar-refractivity contribution in [3.8, 4) is 10.4 Å². The Bertz CT molecular complexity index is 1350. The molecule has 3 heterocycles. The molecule has 38 heavy (non-hydrogen) atoms. The van der Waals surface area contributed by atoms with Crippen molar-refractivity contribution < 1.29 is 14.7 Å². The van der Waals surface area contributed by atoms with Crippen LogP contribution in [0, 0.1) is 11.8 Å². The standard InChI is InChI=1S/C30H35N3O3S2/c1-4-19-13-21(9-10-25(19)32-29(34)26-16-37-17-31-26)27-14-23(28(38-27)30(35)36)22-11-12-33(3)15-24(22)20-7-5-18(2)6-8-20/h9-10,13-14,16-18,20H,4-8,11-12,15H2,1-3H3,(H,32,34)(H,35,36). The Balaban J connectivity index is 1.50. The highest BCUT2D eigenvalue weighted by molar-refractivity contribution is 7.17. The van der Waals surface area contributed by atoms with Crippen LogP contribution in [0.15, 0.2) is 40.7 Å². The number of carboxylic acid groups (broad SMARTS) is 1. The molecule has 3 aromatic rings. The highest BCUT2D eigenvalue weighted by atomic mass is 32.1. The second-order valence-electron chi connectivity index (χ2n) is 10.7. The van der Waals surface area contributed by atoms with Crippen LogP contribution in [-0.4, -0.2) is 47.0 Å². The Labute approximate surface area is 232 Å². The highest BCUT2D eigenvalue weighted by Gasteiger charge is 2.30. The van der Waals surface area contributed by atoms with E-state index in [1.54, 1.807) is 10.9 Å². The average molecular weight is 550 g/mol. The Kier molecular flexibility index (Phi) is 8.12. The van der Waals surface area contributed by atoms with Crippen molar-refractivity contribution in [3.63, 3.8) is 0 Å². The van der Waals surface area contributed by atoms with E-state index >= 15 is 0 Å². The van der Waals surface area contributed by atoms with E-state index in [9.17, 15) is 14.7 Å². The molecular weight excluding hydrogens is 514 g/mol. The predicted molar refractivity (Wildman–Crippen MR) is 156 cm³/mol. The molecule has 0 unspecified atom stereocenters. The van der Waals surface area contributed by atoms with Gasteiger partial charge in [0.15, 0.2) is 0 Å². The summed E-state index contributed by atoms with van der Waals surface area (Å²) in [4.78, 5) is 32.8. The van der Waals surface area contributed by atoms with E-state index in [4.69, 9.17) is 0 Å². The quantitative estimate of drug-likeness (QED) is 0.323. The largest absolute Gasteiger partial charge is 0.477 e. The summed E-state index contributed by atoms with van der Waals surface area (Å²) < 4.78 is 0. The molecule has 8 heteroatoms. The van der Waals surface area contributed by atoms with Crippen molar-refractivity contribution in [2.75, 3.05) is 25.5 Å². The van der Waals surface area contributed by atoms with E-state index < -0.39 is 5.97 Å². The van der Waals surface area contributed by atoms with E-state index in [1.807, 2.05) is 12.1 Å². The molecule has 0 bridgehead atoms. The number of carbonyl (C=O) groups is 2. The van der Waals surface area contributed by atoms with Crippen molar-refractivity contribution in [3.05, 3.63) is 62.4 Å². The van der Waals surface area contributed by atoms with Gasteiger partial charge < -0.3 is 15.3 Å². The lowest BCUT2D eigenvalue weighted by molar-refractivity contribution is 0.0701. The zero-order chi connectivity index (χ0) is 26.8. The normalized spacial score (nSPS) is 20.5. The van der Waals surface area contributed by atoms with Gasteiger partial charge in [0.2, 0.25) is 0 Å². The van der Waals surface area contributed by atoms with Crippen molar-refractivity contribution in [2.24, 2.45) is 11.8 Å². The summed E-state index contributed by atoms with van der Waals surface area (Å²) in [6.07, 6.45) is 6.51. The molecule has 2 aliphatic rings. The zero-order valence-electron chi connectivity index (χ0n) is 22.3. The molecule has 200 valence electrons. The Morgan fingerprint density at radius 1 is 1.18 bits per heavy atom. The van der Waals surface area contributed by atoms with Crippen molar-refractivity contribution >= 4 is 45.8 Å². The molecule has 1 amide bonds. The summed E-state index contributed by atoms with van der Waals surface area (Å²) in [7, 11) is 2.17. The SMILES string of the molecule is CCc1cc(-c2cc(C3=C(C4CCC(C)CC4)CN(C)CC3)c(C(=O)O)s2)ccc1NC(=O)c1cscn1. The predicted octanol–water partition coefficient (Wildman–Crippen LogP) is 7.30. The van der Waals surface area contributed by atoms with Gasteiger partial charge in [-0.05, 0) is 85.0 Å². The Morgan fingerprint density at radius 3 is 2.66 bits per heavy atom. The molecule has 1 fully saturated rings. The lowest BCUT2D eigenvalue weighted by Crippen LogP contribution is -2.31. The first-order chi connectivity index (χ1) is 18.3. The molecule has 1 aromatic carbocycles. The minimum Gasteiger partial charge on any atom is -0.477 e. The number of aryl methyl sites for hydroxylation is 1. The van der Waals surface area contributed by atoms with E-state index in [-0.39, 0.29) is 5.91 Å². The number of carboxylic acids is 1. The third-order valence-corrected chi connectivity index (χ3v) is 9.77. The van der Waals surface area contributed by atoms with Crippen molar-refractivity contribution in [1.82, 2.24) is 9.88 Å². The van der Waals surface area contributed by atoms with Crippen LogP contribution in [0.1, 0.15) is 77.2 Å². The second-order valence-corrected chi connectivity index (χ2v) is 12.4. The van der Waals surface area contributed by atoms with Gasteiger partial charge >= 0.3 is 5.97 Å². The van der Waals surface area contributed by atoms with Gasteiger partial charge in [-0.25, -0.2) is 9.78 Å². The van der Waals surface area contributed by atoms with E-state index in [0.29, 0.717) is 16.5 Å². The smallest absolute Gasteiger partial charge is 0.346 e. The molecule has 5 rings (SSSR count). The maximum Gasteiger partial charge on any atom is 0.346 e. The molecule has 0 saturated heterocycles. The Morgan fingerprint density at radius 2 is 1.97 bits per heavy atom. The van der Waals surface area contributed by atoms with Crippen LogP contribution >= 0.6 is 22.7 Å². The number of aromatic nitrogens is 1. The summed E-state index contributed by atoms with van der Waals surface area (Å²) in [5, 5.41) is 14.9. The van der Waals surface area contributed by atoms with Gasteiger partial charge in [-0.1, -0.05) is 32.8 Å². The number of aromatic carboxylic acids is 1. The molecule has 1 saturated carbocycles. The van der Waals surface area contributed by atoms with Gasteiger partial charge in [-0.3, -0.25) is 4.79 Å². The molecule has 1 aliphatic heterocycles. The van der Waals surface area contributed by atoms with Crippen LogP contribution < -0.4 is 5.32 Å². The van der Waals surface area contributed by atoms with Crippen LogP contribution in [0.2, 0.25) is 0 Å². The van der Waals surface area contributed by atoms with Gasteiger partial charge in [-0.2, -0.15) is 0 Å². The van der Waals surface area contributed by atoms with Crippen molar-refractivity contribution in [1.29, 1.82) is 0 Å². The minimum atomic E-state index is -0.859. The third-order valence-electron chi connectivity index (χ3n) is 8.02. The molecule has 0 radical (unpaired) electrons. The number of hydrogen-bond donors (Lipinski definition) is 2. The second kappa shape index (κ2) is 11.5. The number of rotatable bonds is 7. The summed E-state index contributed by atoms with van der Waals surface area (Å²) in [6, 6.07) is 8.07. The number of anilines is 1. The fourth-order valence-corrected chi connectivity index (χ4v) is 7.36. The van der Waals surface area contributed by atoms with Gasteiger partial charge in [0, 0.05) is 34.6 Å².